The first-order valence-electron chi connectivity index (χ1n) is 8.06. The summed E-state index contributed by atoms with van der Waals surface area (Å²) in [6.45, 7) is 4.45. The third-order valence-corrected chi connectivity index (χ3v) is 4.82. The number of carbonyl (C=O) groups is 1. The van der Waals surface area contributed by atoms with Gasteiger partial charge in [-0.05, 0) is 58.8 Å². The molecule has 1 aliphatic carbocycles. The number of likely N-dealkylation sites (N-methyl/N-ethyl adjacent to an activating group) is 1. The number of carbonyl (C=O) groups excluding carboxylic acids is 1. The van der Waals surface area contributed by atoms with Crippen LogP contribution < -0.4 is 5.32 Å². The molecule has 0 amide bonds. The average Bonchev–Trinajstić information content (AvgIpc) is 2.88. The second-order valence-electron chi connectivity index (χ2n) is 6.10. The maximum Gasteiger partial charge on any atom is 0.326 e. The van der Waals surface area contributed by atoms with E-state index < -0.39 is 5.54 Å². The lowest BCUT2D eigenvalue weighted by molar-refractivity contribution is -0.150. The lowest BCUT2D eigenvalue weighted by Gasteiger charge is -2.33. The monoisotopic (exact) mass is 284 g/mol. The molecule has 0 aromatic carbocycles. The highest BCUT2D eigenvalue weighted by Crippen LogP contribution is 2.38. The van der Waals surface area contributed by atoms with Crippen molar-refractivity contribution in [2.24, 2.45) is 5.92 Å². The van der Waals surface area contributed by atoms with E-state index in [0.29, 0.717) is 5.92 Å². The van der Waals surface area contributed by atoms with Crippen molar-refractivity contribution < 1.29 is 9.53 Å². The normalized spacial score (nSPS) is 26.1. The predicted octanol–water partition coefficient (Wildman–Crippen LogP) is 2.43. The number of esters is 1. The number of nitrogens with zero attached hydrogens (tertiary/aromatic N) is 1. The number of unbranched alkanes of at least 4 members (excludes halogenated alkanes) is 2. The molecule has 2 unspecified atom stereocenters. The van der Waals surface area contributed by atoms with Gasteiger partial charge in [-0.25, -0.2) is 0 Å². The molecule has 0 radical (unpaired) electrons. The molecule has 4 nitrogen and oxygen atoms in total. The van der Waals surface area contributed by atoms with E-state index in [1.165, 1.54) is 26.4 Å². The van der Waals surface area contributed by atoms with Crippen molar-refractivity contribution in [2.45, 2.75) is 57.4 Å². The van der Waals surface area contributed by atoms with Gasteiger partial charge in [-0.3, -0.25) is 4.79 Å². The molecule has 0 bridgehead atoms. The Kier molecular flexibility index (Phi) is 7.52. The fourth-order valence-electron chi connectivity index (χ4n) is 3.47. The van der Waals surface area contributed by atoms with Gasteiger partial charge in [-0.1, -0.05) is 26.2 Å². The minimum absolute atomic E-state index is 0.0869. The summed E-state index contributed by atoms with van der Waals surface area (Å²) in [6.07, 6.45) is 8.04. The third kappa shape index (κ3) is 4.19. The molecule has 1 fully saturated rings. The molecule has 118 valence electrons. The zero-order valence-electron chi connectivity index (χ0n) is 13.7. The summed E-state index contributed by atoms with van der Waals surface area (Å²) in [5.74, 6) is 0.310. The average molecular weight is 284 g/mol. The summed E-state index contributed by atoms with van der Waals surface area (Å²) in [5, 5.41) is 3.26. The van der Waals surface area contributed by atoms with Crippen molar-refractivity contribution in [3.63, 3.8) is 0 Å². The number of ether oxygens (including phenoxy) is 1. The molecule has 0 aromatic heterocycles. The van der Waals surface area contributed by atoms with Crippen molar-refractivity contribution in [1.82, 2.24) is 10.2 Å². The van der Waals surface area contributed by atoms with Crippen LogP contribution in [0.1, 0.15) is 51.9 Å². The van der Waals surface area contributed by atoms with Crippen molar-refractivity contribution in [1.29, 1.82) is 0 Å². The second kappa shape index (κ2) is 8.63. The van der Waals surface area contributed by atoms with Crippen molar-refractivity contribution in [3.8, 4) is 0 Å². The number of hydrogen-bond acceptors (Lipinski definition) is 4. The zero-order chi connectivity index (χ0) is 15.0. The van der Waals surface area contributed by atoms with Crippen molar-refractivity contribution in [3.05, 3.63) is 0 Å². The Morgan fingerprint density at radius 1 is 1.40 bits per heavy atom. The predicted molar refractivity (Wildman–Crippen MR) is 82.8 cm³/mol. The van der Waals surface area contributed by atoms with Gasteiger partial charge in [-0.15, -0.1) is 0 Å². The van der Waals surface area contributed by atoms with E-state index in [0.717, 1.165) is 38.8 Å². The number of rotatable bonds is 9. The molecule has 20 heavy (non-hydrogen) atoms. The molecule has 1 rings (SSSR count). The van der Waals surface area contributed by atoms with Crippen LogP contribution in [0.5, 0.6) is 0 Å². The Hall–Kier alpha value is -0.610. The van der Waals surface area contributed by atoms with Gasteiger partial charge in [-0.2, -0.15) is 0 Å². The van der Waals surface area contributed by atoms with Gasteiger partial charge in [0.15, 0.2) is 0 Å². The summed E-state index contributed by atoms with van der Waals surface area (Å²) >= 11 is 0. The first-order chi connectivity index (χ1) is 9.60. The van der Waals surface area contributed by atoms with E-state index in [1.807, 2.05) is 7.05 Å². The van der Waals surface area contributed by atoms with Gasteiger partial charge in [0.2, 0.25) is 0 Å². The van der Waals surface area contributed by atoms with E-state index in [1.54, 1.807) is 0 Å². The fraction of sp³-hybridized carbons (Fsp3) is 0.938. The smallest absolute Gasteiger partial charge is 0.326 e. The lowest BCUT2D eigenvalue weighted by Crippen LogP contribution is -2.54. The largest absolute Gasteiger partial charge is 0.468 e. The standard InChI is InChI=1S/C16H32N2O2/c1-5-6-7-12-18(3)13-10-14-9-8-11-16(14,17-2)15(19)20-4/h14,17H,5-13H2,1-4H3. The molecule has 1 saturated carbocycles. The summed E-state index contributed by atoms with van der Waals surface area (Å²) in [4.78, 5) is 14.5. The Balaban J connectivity index is 2.47. The van der Waals surface area contributed by atoms with Crippen LogP contribution in [-0.2, 0) is 9.53 Å². The topological polar surface area (TPSA) is 41.6 Å². The van der Waals surface area contributed by atoms with Gasteiger partial charge < -0.3 is 15.0 Å². The van der Waals surface area contributed by atoms with Crippen molar-refractivity contribution >= 4 is 5.97 Å². The van der Waals surface area contributed by atoms with Gasteiger partial charge in [0, 0.05) is 0 Å². The SMILES string of the molecule is CCCCCN(C)CCC1CCCC1(NC)C(=O)OC. The van der Waals surface area contributed by atoms with Crippen LogP contribution in [0.4, 0.5) is 0 Å². The van der Waals surface area contributed by atoms with Gasteiger partial charge in [0.05, 0.1) is 7.11 Å². The summed E-state index contributed by atoms with van der Waals surface area (Å²) in [6, 6.07) is 0. The fourth-order valence-corrected chi connectivity index (χ4v) is 3.47. The van der Waals surface area contributed by atoms with E-state index >= 15 is 0 Å². The van der Waals surface area contributed by atoms with E-state index in [2.05, 4.69) is 24.2 Å². The first kappa shape index (κ1) is 17.4. The van der Waals surface area contributed by atoms with Crippen LogP contribution in [0.3, 0.4) is 0 Å². The Bertz CT molecular complexity index is 296. The number of methoxy groups -OCH3 is 1. The third-order valence-electron chi connectivity index (χ3n) is 4.82. The molecule has 0 aliphatic heterocycles. The molecule has 0 heterocycles. The van der Waals surface area contributed by atoms with E-state index in [-0.39, 0.29) is 5.97 Å². The van der Waals surface area contributed by atoms with Crippen LogP contribution in [0.2, 0.25) is 0 Å². The highest BCUT2D eigenvalue weighted by atomic mass is 16.5. The maximum absolute atomic E-state index is 12.1. The molecule has 4 heteroatoms. The molecular weight excluding hydrogens is 252 g/mol. The number of nitrogens with one attached hydrogen (secondary N) is 1. The minimum Gasteiger partial charge on any atom is -0.468 e. The van der Waals surface area contributed by atoms with Gasteiger partial charge in [0.1, 0.15) is 5.54 Å². The van der Waals surface area contributed by atoms with Crippen LogP contribution in [-0.4, -0.2) is 50.7 Å². The number of hydrogen-bond donors (Lipinski definition) is 1. The van der Waals surface area contributed by atoms with Gasteiger partial charge in [0.25, 0.3) is 0 Å². The molecular formula is C16H32N2O2. The van der Waals surface area contributed by atoms with Crippen LogP contribution in [0, 0.1) is 5.92 Å². The highest BCUT2D eigenvalue weighted by Gasteiger charge is 2.48. The highest BCUT2D eigenvalue weighted by molar-refractivity contribution is 5.81. The zero-order valence-corrected chi connectivity index (χ0v) is 13.7. The quantitative estimate of drug-likeness (QED) is 0.521. The maximum atomic E-state index is 12.1. The minimum atomic E-state index is -0.445. The Labute approximate surface area is 124 Å². The van der Waals surface area contributed by atoms with E-state index in [4.69, 9.17) is 4.74 Å². The Morgan fingerprint density at radius 2 is 2.15 bits per heavy atom. The molecule has 2 atom stereocenters. The second-order valence-corrected chi connectivity index (χ2v) is 6.10. The van der Waals surface area contributed by atoms with Crippen LogP contribution in [0.15, 0.2) is 0 Å². The lowest BCUT2D eigenvalue weighted by atomic mass is 9.84. The van der Waals surface area contributed by atoms with Gasteiger partial charge >= 0.3 is 5.97 Å². The summed E-state index contributed by atoms with van der Waals surface area (Å²) in [7, 11) is 5.57. The summed E-state index contributed by atoms with van der Waals surface area (Å²) in [5.41, 5.74) is -0.445. The van der Waals surface area contributed by atoms with Crippen LogP contribution >= 0.6 is 0 Å². The molecule has 1 aliphatic rings. The molecule has 0 aromatic rings. The van der Waals surface area contributed by atoms with E-state index in [9.17, 15) is 4.79 Å². The molecule has 1 N–H and O–H groups in total. The van der Waals surface area contributed by atoms with Crippen molar-refractivity contribution in [2.75, 3.05) is 34.3 Å². The van der Waals surface area contributed by atoms with Crippen LogP contribution in [0.25, 0.3) is 0 Å². The molecule has 0 saturated heterocycles. The molecule has 0 spiro atoms. The summed E-state index contributed by atoms with van der Waals surface area (Å²) < 4.78 is 5.03. The first-order valence-corrected chi connectivity index (χ1v) is 8.06. The Morgan fingerprint density at radius 3 is 2.75 bits per heavy atom.